The van der Waals surface area contributed by atoms with Gasteiger partial charge in [-0.3, -0.25) is 24.0 Å². The molecule has 2 saturated heterocycles. The maximum Gasteiger partial charge on any atom is 0.255 e. The van der Waals surface area contributed by atoms with E-state index < -0.39 is 23.6 Å². The number of carbonyl (C=O) groups is 5. The van der Waals surface area contributed by atoms with E-state index in [-0.39, 0.29) is 51.1 Å². The normalized spacial score (nSPS) is 18.2. The molecule has 0 saturated carbocycles. The van der Waals surface area contributed by atoms with Crippen molar-refractivity contribution >= 4 is 29.5 Å². The van der Waals surface area contributed by atoms with Crippen molar-refractivity contribution in [1.29, 1.82) is 0 Å². The Morgan fingerprint density at radius 2 is 1.38 bits per heavy atom. The van der Waals surface area contributed by atoms with E-state index in [1.165, 1.54) is 0 Å². The quantitative estimate of drug-likeness (QED) is 0.431. The van der Waals surface area contributed by atoms with Crippen LogP contribution in [0.1, 0.15) is 39.0 Å². The molecule has 2 aliphatic rings. The van der Waals surface area contributed by atoms with Gasteiger partial charge in [-0.2, -0.15) is 0 Å². The number of rotatable bonds is 8. The Morgan fingerprint density at radius 3 is 1.75 bits per heavy atom. The third kappa shape index (κ3) is 4.34. The SMILES string of the molecule is CCC(=O)NCCN(ON1C(=O)CCC1=O)ON1C(=O)CCC1=O. The van der Waals surface area contributed by atoms with Crippen molar-refractivity contribution in [3.05, 3.63) is 0 Å². The first kappa shape index (κ1) is 18.0. The molecule has 2 fully saturated rings. The lowest BCUT2D eigenvalue weighted by Gasteiger charge is -2.26. The van der Waals surface area contributed by atoms with E-state index in [1.807, 2.05) is 0 Å². The predicted molar refractivity (Wildman–Crippen MR) is 74.4 cm³/mol. The lowest BCUT2D eigenvalue weighted by Crippen LogP contribution is -2.46. The fraction of sp³-hybridized carbons (Fsp3) is 0.615. The smallest absolute Gasteiger partial charge is 0.255 e. The van der Waals surface area contributed by atoms with Crippen molar-refractivity contribution in [3.63, 3.8) is 0 Å². The molecule has 0 bridgehead atoms. The van der Waals surface area contributed by atoms with Crippen LogP contribution in [0.25, 0.3) is 0 Å². The summed E-state index contributed by atoms with van der Waals surface area (Å²) < 4.78 is 0. The summed E-state index contributed by atoms with van der Waals surface area (Å²) in [6.45, 7) is 1.60. The van der Waals surface area contributed by atoms with Crippen LogP contribution in [0.4, 0.5) is 0 Å². The molecule has 2 rings (SSSR count). The van der Waals surface area contributed by atoms with Crippen LogP contribution in [0.3, 0.4) is 0 Å². The van der Waals surface area contributed by atoms with Crippen molar-refractivity contribution in [3.8, 4) is 0 Å². The molecule has 0 aromatic heterocycles. The summed E-state index contributed by atoms with van der Waals surface area (Å²) in [5.41, 5.74) is 0. The maximum atomic E-state index is 11.6. The van der Waals surface area contributed by atoms with Crippen LogP contribution in [0.15, 0.2) is 0 Å². The number of hydroxylamine groups is 6. The number of carbonyl (C=O) groups excluding carboxylic acids is 5. The molecule has 1 N–H and O–H groups in total. The maximum absolute atomic E-state index is 11.6. The predicted octanol–water partition coefficient (Wildman–Crippen LogP) is -1.19. The van der Waals surface area contributed by atoms with Crippen molar-refractivity contribution in [2.75, 3.05) is 13.1 Å². The summed E-state index contributed by atoms with van der Waals surface area (Å²) in [5, 5.41) is 4.20. The van der Waals surface area contributed by atoms with E-state index in [9.17, 15) is 24.0 Å². The van der Waals surface area contributed by atoms with Gasteiger partial charge in [0.15, 0.2) is 0 Å². The summed E-state index contributed by atoms with van der Waals surface area (Å²) in [7, 11) is 0. The molecule has 0 atom stereocenters. The molecule has 24 heavy (non-hydrogen) atoms. The molecular weight excluding hydrogens is 324 g/mol. The first-order valence-electron chi connectivity index (χ1n) is 7.54. The Morgan fingerprint density at radius 1 is 0.958 bits per heavy atom. The molecule has 11 nitrogen and oxygen atoms in total. The lowest BCUT2D eigenvalue weighted by molar-refractivity contribution is -0.475. The highest BCUT2D eigenvalue weighted by molar-refractivity contribution is 6.01. The van der Waals surface area contributed by atoms with Crippen LogP contribution in [0.2, 0.25) is 0 Å². The molecule has 0 unspecified atom stereocenters. The minimum absolute atomic E-state index is 0.000813. The van der Waals surface area contributed by atoms with E-state index in [1.54, 1.807) is 6.92 Å². The van der Waals surface area contributed by atoms with Crippen molar-refractivity contribution in [2.45, 2.75) is 39.0 Å². The molecule has 5 amide bonds. The molecule has 0 aromatic carbocycles. The number of hydrogen-bond donors (Lipinski definition) is 1. The van der Waals surface area contributed by atoms with Gasteiger partial charge in [-0.1, -0.05) is 6.92 Å². The number of nitrogens with zero attached hydrogens (tertiary/aromatic N) is 3. The summed E-state index contributed by atoms with van der Waals surface area (Å²) in [5.74, 6) is -2.48. The van der Waals surface area contributed by atoms with E-state index in [0.29, 0.717) is 15.4 Å². The minimum Gasteiger partial charge on any atom is -0.355 e. The zero-order chi connectivity index (χ0) is 17.7. The second-order valence-electron chi connectivity index (χ2n) is 5.09. The Bertz CT molecular complexity index is 495. The van der Waals surface area contributed by atoms with Crippen LogP contribution in [-0.4, -0.2) is 58.0 Å². The molecule has 0 aliphatic carbocycles. The third-order valence-electron chi connectivity index (χ3n) is 3.29. The highest BCUT2D eigenvalue weighted by Crippen LogP contribution is 2.17. The van der Waals surface area contributed by atoms with E-state index in [2.05, 4.69) is 5.32 Å². The zero-order valence-corrected chi connectivity index (χ0v) is 13.1. The van der Waals surface area contributed by atoms with Crippen molar-refractivity contribution < 1.29 is 33.8 Å². The first-order chi connectivity index (χ1) is 11.4. The first-order valence-corrected chi connectivity index (χ1v) is 7.54. The minimum atomic E-state index is -0.565. The molecule has 132 valence electrons. The molecule has 11 heteroatoms. The van der Waals surface area contributed by atoms with Crippen LogP contribution in [0.5, 0.6) is 0 Å². The molecule has 0 radical (unpaired) electrons. The molecular formula is C13H18N4O7. The second-order valence-corrected chi connectivity index (χ2v) is 5.09. The van der Waals surface area contributed by atoms with Gasteiger partial charge in [-0.25, -0.2) is 0 Å². The average molecular weight is 342 g/mol. The zero-order valence-electron chi connectivity index (χ0n) is 13.1. The van der Waals surface area contributed by atoms with Gasteiger partial charge in [0, 0.05) is 38.6 Å². The van der Waals surface area contributed by atoms with Crippen LogP contribution in [-0.2, 0) is 33.8 Å². The van der Waals surface area contributed by atoms with E-state index in [0.717, 1.165) is 0 Å². The van der Waals surface area contributed by atoms with Crippen molar-refractivity contribution in [2.24, 2.45) is 0 Å². The monoisotopic (exact) mass is 342 g/mol. The number of hydrogen-bond acceptors (Lipinski definition) is 8. The highest BCUT2D eigenvalue weighted by atomic mass is 17.1. The van der Waals surface area contributed by atoms with Gasteiger partial charge in [-0.05, 0) is 5.23 Å². The van der Waals surface area contributed by atoms with Crippen LogP contribution >= 0.6 is 0 Å². The van der Waals surface area contributed by atoms with Crippen molar-refractivity contribution in [1.82, 2.24) is 20.7 Å². The Labute approximate surface area is 137 Å². The van der Waals surface area contributed by atoms with Crippen LogP contribution < -0.4 is 5.32 Å². The summed E-state index contributed by atoms with van der Waals surface area (Å²) in [4.78, 5) is 67.7. The second kappa shape index (κ2) is 7.95. The Balaban J connectivity index is 1.98. The van der Waals surface area contributed by atoms with Gasteiger partial charge in [0.25, 0.3) is 23.6 Å². The number of imide groups is 2. The Hall–Kier alpha value is -2.37. The molecule has 2 heterocycles. The number of nitrogens with one attached hydrogen (secondary N) is 1. The molecule has 0 aromatic rings. The van der Waals surface area contributed by atoms with Gasteiger partial charge >= 0.3 is 0 Å². The van der Waals surface area contributed by atoms with Gasteiger partial charge < -0.3 is 5.32 Å². The van der Waals surface area contributed by atoms with E-state index >= 15 is 0 Å². The van der Waals surface area contributed by atoms with Gasteiger partial charge in [0.1, 0.15) is 0 Å². The largest absolute Gasteiger partial charge is 0.355 e. The van der Waals surface area contributed by atoms with Gasteiger partial charge in [0.2, 0.25) is 5.91 Å². The number of amides is 5. The van der Waals surface area contributed by atoms with E-state index in [4.69, 9.17) is 9.88 Å². The topological polar surface area (TPSA) is 126 Å². The lowest BCUT2D eigenvalue weighted by atomic mass is 10.4. The van der Waals surface area contributed by atoms with Crippen LogP contribution in [0, 0.1) is 0 Å². The highest BCUT2D eigenvalue weighted by Gasteiger charge is 2.36. The molecule has 0 spiro atoms. The molecule has 2 aliphatic heterocycles. The summed E-state index contributed by atoms with van der Waals surface area (Å²) >= 11 is 0. The Kier molecular flexibility index (Phi) is 5.95. The average Bonchev–Trinajstić information content (AvgIpc) is 3.04. The van der Waals surface area contributed by atoms with Gasteiger partial charge in [0.05, 0.1) is 6.54 Å². The van der Waals surface area contributed by atoms with Gasteiger partial charge in [-0.15, -0.1) is 20.0 Å². The fourth-order valence-corrected chi connectivity index (χ4v) is 1.98. The fourth-order valence-electron chi connectivity index (χ4n) is 1.98. The standard InChI is InChI=1S/C13H18N4O7/c1-2-9(18)14-7-8-15(23-16-10(19)3-4-11(16)20)24-17-12(21)5-6-13(17)22/h2-8H2,1H3,(H,14,18). The summed E-state index contributed by atoms with van der Waals surface area (Å²) in [6.07, 6.45) is 0.275. The third-order valence-corrected chi connectivity index (χ3v) is 3.29. The summed E-state index contributed by atoms with van der Waals surface area (Å²) in [6, 6.07) is 0.